The Bertz CT molecular complexity index is 819. The fraction of sp³-hybridized carbons (Fsp3) is 0.188. The molecular formula is C16H14N2O3S2. The zero-order chi connectivity index (χ0) is 16.6. The summed E-state index contributed by atoms with van der Waals surface area (Å²) in [6, 6.07) is 5.48. The van der Waals surface area contributed by atoms with Gasteiger partial charge in [0.05, 0.1) is 11.4 Å². The van der Waals surface area contributed by atoms with Gasteiger partial charge in [-0.1, -0.05) is 6.07 Å². The van der Waals surface area contributed by atoms with Crippen molar-refractivity contribution in [3.05, 3.63) is 50.3 Å². The standard InChI is InChI=1S/C16H14N2O3S2/c1-9-6-12(10(2)17-9)13(19)8-18-15(20)14(23-16(18)21)7-11-4-3-5-22-11/h3-7,17H,8H2,1-2H3/b14-7-. The normalized spacial score (nSPS) is 16.6. The van der Waals surface area contributed by atoms with E-state index in [1.807, 2.05) is 24.4 Å². The Hall–Kier alpha value is -2.12. The van der Waals surface area contributed by atoms with E-state index in [1.54, 1.807) is 19.1 Å². The first-order chi connectivity index (χ1) is 11.0. The summed E-state index contributed by atoms with van der Waals surface area (Å²) >= 11 is 2.36. The average Bonchev–Trinajstić information content (AvgIpc) is 3.17. The topological polar surface area (TPSA) is 70.2 Å². The van der Waals surface area contributed by atoms with Crippen LogP contribution in [0.4, 0.5) is 4.79 Å². The average molecular weight is 346 g/mol. The van der Waals surface area contributed by atoms with Gasteiger partial charge in [0.25, 0.3) is 11.1 Å². The number of imide groups is 1. The molecule has 3 rings (SSSR count). The summed E-state index contributed by atoms with van der Waals surface area (Å²) in [6.07, 6.45) is 1.69. The lowest BCUT2D eigenvalue weighted by Gasteiger charge is -2.11. The molecule has 0 bridgehead atoms. The molecule has 2 amide bonds. The van der Waals surface area contributed by atoms with Crippen molar-refractivity contribution in [2.45, 2.75) is 13.8 Å². The quantitative estimate of drug-likeness (QED) is 0.678. The number of carbonyl (C=O) groups excluding carboxylic acids is 3. The smallest absolute Gasteiger partial charge is 0.293 e. The third-order valence-electron chi connectivity index (χ3n) is 3.44. The number of aromatic nitrogens is 1. The van der Waals surface area contributed by atoms with Crippen LogP contribution in [0.15, 0.2) is 28.5 Å². The van der Waals surface area contributed by atoms with Crippen molar-refractivity contribution >= 4 is 46.1 Å². The highest BCUT2D eigenvalue weighted by atomic mass is 32.2. The van der Waals surface area contributed by atoms with Crippen LogP contribution in [-0.2, 0) is 4.79 Å². The van der Waals surface area contributed by atoms with Gasteiger partial charge < -0.3 is 4.98 Å². The van der Waals surface area contributed by atoms with Gasteiger partial charge in [0, 0.05) is 21.8 Å². The summed E-state index contributed by atoms with van der Waals surface area (Å²) in [4.78, 5) is 42.1. The molecule has 0 saturated carbocycles. The lowest BCUT2D eigenvalue weighted by Crippen LogP contribution is -2.33. The maximum absolute atomic E-state index is 12.4. The summed E-state index contributed by atoms with van der Waals surface area (Å²) < 4.78 is 0. The maximum Gasteiger partial charge on any atom is 0.293 e. The van der Waals surface area contributed by atoms with E-state index >= 15 is 0 Å². The molecule has 1 saturated heterocycles. The minimum absolute atomic E-state index is 0.232. The van der Waals surface area contributed by atoms with Crippen molar-refractivity contribution in [1.82, 2.24) is 9.88 Å². The lowest BCUT2D eigenvalue weighted by molar-refractivity contribution is -0.122. The van der Waals surface area contributed by atoms with Crippen LogP contribution in [0.25, 0.3) is 6.08 Å². The van der Waals surface area contributed by atoms with Crippen molar-refractivity contribution in [1.29, 1.82) is 0 Å². The maximum atomic E-state index is 12.4. The van der Waals surface area contributed by atoms with E-state index in [4.69, 9.17) is 0 Å². The molecule has 2 aromatic rings. The first-order valence-electron chi connectivity index (χ1n) is 6.94. The van der Waals surface area contributed by atoms with Crippen LogP contribution in [-0.4, -0.2) is 33.4 Å². The molecule has 1 fully saturated rings. The third kappa shape index (κ3) is 3.16. The van der Waals surface area contributed by atoms with E-state index in [0.29, 0.717) is 10.5 Å². The molecule has 7 heteroatoms. The summed E-state index contributed by atoms with van der Waals surface area (Å²) in [5.74, 6) is -0.654. The molecule has 23 heavy (non-hydrogen) atoms. The minimum Gasteiger partial charge on any atom is -0.362 e. The molecule has 0 radical (unpaired) electrons. The van der Waals surface area contributed by atoms with Gasteiger partial charge in [-0.05, 0) is 49.2 Å². The Morgan fingerprint density at radius 1 is 1.35 bits per heavy atom. The Morgan fingerprint density at radius 3 is 2.74 bits per heavy atom. The highest BCUT2D eigenvalue weighted by molar-refractivity contribution is 8.18. The number of ketones is 1. The molecule has 0 atom stereocenters. The second-order valence-corrected chi connectivity index (χ2v) is 7.17. The van der Waals surface area contributed by atoms with Crippen LogP contribution in [0.1, 0.15) is 26.6 Å². The number of H-pyrrole nitrogens is 1. The predicted octanol–water partition coefficient (Wildman–Crippen LogP) is 3.61. The molecule has 118 valence electrons. The SMILES string of the molecule is Cc1cc(C(=O)CN2C(=O)S/C(=C\c3cccs3)C2=O)c(C)[nH]1. The number of thiophene rings is 1. The fourth-order valence-corrected chi connectivity index (χ4v) is 3.94. The molecule has 3 heterocycles. The van der Waals surface area contributed by atoms with Gasteiger partial charge >= 0.3 is 0 Å². The number of nitrogens with one attached hydrogen (secondary N) is 1. The molecule has 0 unspecified atom stereocenters. The van der Waals surface area contributed by atoms with Gasteiger partial charge in [-0.25, -0.2) is 0 Å². The second-order valence-electron chi connectivity index (χ2n) is 5.20. The van der Waals surface area contributed by atoms with Crippen molar-refractivity contribution in [3.63, 3.8) is 0 Å². The molecule has 1 N–H and O–H groups in total. The fourth-order valence-electron chi connectivity index (χ4n) is 2.38. The number of nitrogens with zero attached hydrogens (tertiary/aromatic N) is 1. The zero-order valence-electron chi connectivity index (χ0n) is 12.6. The molecule has 1 aliphatic rings. The Kier molecular flexibility index (Phi) is 4.23. The number of hydrogen-bond donors (Lipinski definition) is 1. The summed E-state index contributed by atoms with van der Waals surface area (Å²) in [5.41, 5.74) is 2.13. The molecule has 5 nitrogen and oxygen atoms in total. The van der Waals surface area contributed by atoms with E-state index in [0.717, 1.165) is 32.9 Å². The molecule has 0 spiro atoms. The molecule has 2 aromatic heterocycles. The number of amides is 2. The number of thioether (sulfide) groups is 1. The van der Waals surface area contributed by atoms with Gasteiger partial charge in [-0.15, -0.1) is 11.3 Å². The van der Waals surface area contributed by atoms with Crippen molar-refractivity contribution in [2.75, 3.05) is 6.54 Å². The minimum atomic E-state index is -0.410. The number of Topliss-reactive ketones (excluding diaryl/α,β-unsaturated/α-hetero) is 1. The van der Waals surface area contributed by atoms with Crippen molar-refractivity contribution in [3.8, 4) is 0 Å². The Balaban J connectivity index is 1.78. The number of carbonyl (C=O) groups is 3. The van der Waals surface area contributed by atoms with E-state index in [-0.39, 0.29) is 12.3 Å². The first-order valence-corrected chi connectivity index (χ1v) is 8.63. The molecular weight excluding hydrogens is 332 g/mol. The van der Waals surface area contributed by atoms with Crippen LogP contribution < -0.4 is 0 Å². The van der Waals surface area contributed by atoms with E-state index in [9.17, 15) is 14.4 Å². The Morgan fingerprint density at radius 2 is 2.13 bits per heavy atom. The number of aryl methyl sites for hydroxylation is 2. The summed E-state index contributed by atoms with van der Waals surface area (Å²) in [7, 11) is 0. The highest BCUT2D eigenvalue weighted by Crippen LogP contribution is 2.33. The third-order valence-corrected chi connectivity index (χ3v) is 5.17. The lowest BCUT2D eigenvalue weighted by atomic mass is 10.1. The van der Waals surface area contributed by atoms with E-state index in [2.05, 4.69) is 4.98 Å². The zero-order valence-corrected chi connectivity index (χ0v) is 14.2. The number of rotatable bonds is 4. The van der Waals surface area contributed by atoms with Crippen LogP contribution in [0.2, 0.25) is 0 Å². The van der Waals surface area contributed by atoms with E-state index < -0.39 is 11.1 Å². The van der Waals surface area contributed by atoms with Gasteiger partial charge in [0.1, 0.15) is 0 Å². The van der Waals surface area contributed by atoms with Crippen LogP contribution in [0.3, 0.4) is 0 Å². The highest BCUT2D eigenvalue weighted by Gasteiger charge is 2.36. The molecule has 0 aromatic carbocycles. The van der Waals surface area contributed by atoms with Gasteiger partial charge in [0.2, 0.25) is 0 Å². The Labute approximate surface area is 141 Å². The monoisotopic (exact) mass is 346 g/mol. The van der Waals surface area contributed by atoms with Crippen LogP contribution in [0, 0.1) is 13.8 Å². The number of hydrogen-bond acceptors (Lipinski definition) is 5. The van der Waals surface area contributed by atoms with Crippen LogP contribution >= 0.6 is 23.1 Å². The number of aromatic amines is 1. The van der Waals surface area contributed by atoms with Gasteiger partial charge in [0.15, 0.2) is 5.78 Å². The predicted molar refractivity (Wildman–Crippen MR) is 91.6 cm³/mol. The second kappa shape index (κ2) is 6.17. The van der Waals surface area contributed by atoms with Gasteiger partial charge in [-0.2, -0.15) is 0 Å². The van der Waals surface area contributed by atoms with Crippen molar-refractivity contribution in [2.24, 2.45) is 0 Å². The summed E-state index contributed by atoms with van der Waals surface area (Å²) in [5, 5.41) is 1.49. The summed E-state index contributed by atoms with van der Waals surface area (Å²) in [6.45, 7) is 3.42. The van der Waals surface area contributed by atoms with E-state index in [1.165, 1.54) is 11.3 Å². The molecule has 0 aliphatic carbocycles. The first kappa shape index (κ1) is 15.8. The largest absolute Gasteiger partial charge is 0.362 e. The van der Waals surface area contributed by atoms with Gasteiger partial charge in [-0.3, -0.25) is 19.3 Å². The van der Waals surface area contributed by atoms with Crippen molar-refractivity contribution < 1.29 is 14.4 Å². The van der Waals surface area contributed by atoms with Crippen LogP contribution in [0.5, 0.6) is 0 Å². The molecule has 1 aliphatic heterocycles.